The van der Waals surface area contributed by atoms with Gasteiger partial charge in [-0.2, -0.15) is 0 Å². The van der Waals surface area contributed by atoms with Gasteiger partial charge in [0.05, 0.1) is 16.7 Å². The van der Waals surface area contributed by atoms with Gasteiger partial charge < -0.3 is 8.98 Å². The van der Waals surface area contributed by atoms with Gasteiger partial charge in [0.15, 0.2) is 17.5 Å². The Bertz CT molecular complexity index is 3760. The second-order valence-corrected chi connectivity index (χ2v) is 17.3. The van der Waals surface area contributed by atoms with Crippen molar-refractivity contribution in [1.82, 2.24) is 24.5 Å². The van der Waals surface area contributed by atoms with E-state index in [4.69, 9.17) is 24.4 Å². The van der Waals surface area contributed by atoms with E-state index in [1.807, 2.05) is 66.9 Å². The number of para-hydroxylation sites is 2. The number of hydrogen-bond acceptors (Lipinski definition) is 5. The van der Waals surface area contributed by atoms with Gasteiger partial charge in [-0.25, -0.2) is 15.0 Å². The van der Waals surface area contributed by atoms with Crippen LogP contribution in [-0.4, -0.2) is 24.5 Å². The third-order valence-electron chi connectivity index (χ3n) is 13.1. The zero-order valence-corrected chi connectivity index (χ0v) is 36.9. The molecule has 0 fully saturated rings. The lowest BCUT2D eigenvalue weighted by atomic mass is 9.88. The van der Waals surface area contributed by atoms with Crippen molar-refractivity contribution >= 4 is 38.3 Å². The number of pyridine rings is 1. The van der Waals surface area contributed by atoms with Gasteiger partial charge in [-0.1, -0.05) is 164 Å². The van der Waals surface area contributed by atoms with E-state index in [1.165, 1.54) is 5.39 Å². The van der Waals surface area contributed by atoms with Gasteiger partial charge in [-0.3, -0.25) is 4.98 Å². The smallest absolute Gasteiger partial charge is 0.166 e. The molecule has 6 nitrogen and oxygen atoms in total. The minimum atomic E-state index is 0.539. The number of furan rings is 1. The Morgan fingerprint density at radius 3 is 1.56 bits per heavy atom. The summed E-state index contributed by atoms with van der Waals surface area (Å²) in [5.41, 5.74) is 16.2. The maximum Gasteiger partial charge on any atom is 0.166 e. The Hall–Kier alpha value is -9.00. The summed E-state index contributed by atoms with van der Waals surface area (Å²) in [5.74, 6) is 2.67. The minimum absolute atomic E-state index is 0.539. The lowest BCUT2D eigenvalue weighted by Crippen LogP contribution is -2.06. The maximum absolute atomic E-state index is 6.90. The number of fused-ring (bicyclic) bond motifs is 6. The fourth-order valence-corrected chi connectivity index (χ4v) is 9.93. The summed E-state index contributed by atoms with van der Waals surface area (Å²) in [7, 11) is 0. The SMILES string of the molecule is C1=C(c2ncc(-c3cc(-c4ccccc4)cc(-c4ccccc4)c3)cc2-c2nc(-c3ccccc3)nc(-c3ccccc3)n2)c2c(oc3cc4c5ccccc5n(-c5ccccc5)c4cc23)CC1. The molecule has 13 rings (SSSR count). The van der Waals surface area contributed by atoms with E-state index in [-0.39, 0.29) is 0 Å². The monoisotopic (exact) mass is 871 g/mol. The molecule has 6 heteroatoms. The van der Waals surface area contributed by atoms with Gasteiger partial charge in [0.2, 0.25) is 0 Å². The molecule has 320 valence electrons. The van der Waals surface area contributed by atoms with Gasteiger partial charge in [0.25, 0.3) is 0 Å². The summed E-state index contributed by atoms with van der Waals surface area (Å²) in [6, 6.07) is 74.2. The summed E-state index contributed by atoms with van der Waals surface area (Å²) in [6.45, 7) is 0. The Kier molecular flexibility index (Phi) is 9.53. The van der Waals surface area contributed by atoms with Crippen LogP contribution in [0.2, 0.25) is 0 Å². The molecule has 8 aromatic carbocycles. The summed E-state index contributed by atoms with van der Waals surface area (Å²) in [5, 5.41) is 3.38. The summed E-state index contributed by atoms with van der Waals surface area (Å²) >= 11 is 0. The Labute approximate surface area is 393 Å². The first-order valence-corrected chi connectivity index (χ1v) is 23.1. The number of hydrogen-bond donors (Lipinski definition) is 0. The first-order chi connectivity index (χ1) is 33.7. The lowest BCUT2D eigenvalue weighted by Gasteiger charge is -2.18. The van der Waals surface area contributed by atoms with Crippen LogP contribution in [0, 0.1) is 0 Å². The van der Waals surface area contributed by atoms with E-state index in [0.29, 0.717) is 17.5 Å². The number of aromatic nitrogens is 5. The molecule has 0 amide bonds. The summed E-state index contributed by atoms with van der Waals surface area (Å²) in [4.78, 5) is 21.2. The van der Waals surface area contributed by atoms with E-state index in [9.17, 15) is 0 Å². The van der Waals surface area contributed by atoms with Crippen LogP contribution in [-0.2, 0) is 6.42 Å². The van der Waals surface area contributed by atoms with E-state index in [0.717, 1.165) is 119 Å². The molecule has 0 bridgehead atoms. The molecule has 0 aliphatic heterocycles. The van der Waals surface area contributed by atoms with Gasteiger partial charge >= 0.3 is 0 Å². The quantitative estimate of drug-likeness (QED) is 0.152. The molecule has 0 unspecified atom stereocenters. The average Bonchev–Trinajstić information content (AvgIpc) is 3.96. The maximum atomic E-state index is 6.90. The summed E-state index contributed by atoms with van der Waals surface area (Å²) in [6.07, 6.45) is 5.91. The number of benzene rings is 8. The third kappa shape index (κ3) is 6.90. The minimum Gasteiger partial charge on any atom is -0.460 e. The van der Waals surface area contributed by atoms with Crippen molar-refractivity contribution in [3.8, 4) is 73.2 Å². The van der Waals surface area contributed by atoms with E-state index in [2.05, 4.69) is 162 Å². The standard InChI is InChI=1S/C62H41N5O/c1-6-19-40(20-7-1)44-33-45(41-21-8-2-9-22-41)35-46(34-44)47-36-53(62-65-60(42-23-10-3-11-24-42)64-61(66-62)43-25-12-4-13-26-43)59(63-39-47)50-30-18-32-56-58(50)52-37-55-51(38-57(52)68-56)49-29-16-17-31-54(49)67(55)48-27-14-5-15-28-48/h1-17,19-31,33-39H,18,32H2. The van der Waals surface area contributed by atoms with Crippen LogP contribution >= 0.6 is 0 Å². The zero-order valence-electron chi connectivity index (χ0n) is 36.9. The zero-order chi connectivity index (χ0) is 45.0. The largest absolute Gasteiger partial charge is 0.460 e. The van der Waals surface area contributed by atoms with Crippen LogP contribution < -0.4 is 0 Å². The van der Waals surface area contributed by atoms with Crippen LogP contribution in [0.5, 0.6) is 0 Å². The van der Waals surface area contributed by atoms with Gasteiger partial charge in [-0.05, 0) is 88.8 Å². The highest BCUT2D eigenvalue weighted by Gasteiger charge is 2.28. The molecular formula is C62H41N5O. The van der Waals surface area contributed by atoms with Crippen molar-refractivity contribution < 1.29 is 4.42 Å². The number of rotatable bonds is 8. The predicted molar refractivity (Wildman–Crippen MR) is 276 cm³/mol. The topological polar surface area (TPSA) is 69.6 Å². The third-order valence-corrected chi connectivity index (χ3v) is 13.1. The molecule has 0 N–H and O–H groups in total. The highest BCUT2D eigenvalue weighted by Crippen LogP contribution is 2.45. The molecule has 1 aliphatic carbocycles. The fourth-order valence-electron chi connectivity index (χ4n) is 9.93. The molecule has 12 aromatic rings. The molecule has 4 heterocycles. The van der Waals surface area contributed by atoms with E-state index in [1.54, 1.807) is 0 Å². The second kappa shape index (κ2) is 16.5. The molecule has 0 spiro atoms. The Morgan fingerprint density at radius 2 is 0.941 bits per heavy atom. The second-order valence-electron chi connectivity index (χ2n) is 17.3. The molecule has 4 aromatic heterocycles. The molecule has 0 atom stereocenters. The fraction of sp³-hybridized carbons (Fsp3) is 0.0323. The number of nitrogens with zero attached hydrogens (tertiary/aromatic N) is 5. The van der Waals surface area contributed by atoms with Crippen LogP contribution in [0.3, 0.4) is 0 Å². The number of allylic oxidation sites excluding steroid dienone is 1. The van der Waals surface area contributed by atoms with Crippen molar-refractivity contribution in [2.45, 2.75) is 12.8 Å². The van der Waals surface area contributed by atoms with Crippen LogP contribution in [0.25, 0.3) is 112 Å². The highest BCUT2D eigenvalue weighted by atomic mass is 16.3. The first kappa shape index (κ1) is 39.4. The molecule has 68 heavy (non-hydrogen) atoms. The van der Waals surface area contributed by atoms with Gasteiger partial charge in [-0.15, -0.1) is 0 Å². The molecular weight excluding hydrogens is 831 g/mol. The summed E-state index contributed by atoms with van der Waals surface area (Å²) < 4.78 is 9.26. The predicted octanol–water partition coefficient (Wildman–Crippen LogP) is 15.5. The van der Waals surface area contributed by atoms with Gasteiger partial charge in [0.1, 0.15) is 11.3 Å². The van der Waals surface area contributed by atoms with E-state index < -0.39 is 0 Å². The van der Waals surface area contributed by atoms with E-state index >= 15 is 0 Å². The molecule has 0 radical (unpaired) electrons. The van der Waals surface area contributed by atoms with Crippen molar-refractivity contribution in [3.63, 3.8) is 0 Å². The average molecular weight is 872 g/mol. The van der Waals surface area contributed by atoms with Gasteiger partial charge in [0, 0.05) is 67.9 Å². The molecule has 1 aliphatic rings. The normalized spacial score (nSPS) is 12.4. The van der Waals surface area contributed by atoms with Crippen LogP contribution in [0.4, 0.5) is 0 Å². The highest BCUT2D eigenvalue weighted by molar-refractivity contribution is 6.15. The Balaban J connectivity index is 1.06. The van der Waals surface area contributed by atoms with Crippen molar-refractivity contribution in [1.29, 1.82) is 0 Å². The van der Waals surface area contributed by atoms with Crippen molar-refractivity contribution in [3.05, 3.63) is 242 Å². The molecule has 0 saturated carbocycles. The van der Waals surface area contributed by atoms with Crippen molar-refractivity contribution in [2.24, 2.45) is 0 Å². The first-order valence-electron chi connectivity index (χ1n) is 23.1. The molecule has 0 saturated heterocycles. The Morgan fingerprint density at radius 1 is 0.412 bits per heavy atom. The van der Waals surface area contributed by atoms with Crippen LogP contribution in [0.15, 0.2) is 229 Å². The van der Waals surface area contributed by atoms with Crippen LogP contribution in [0.1, 0.15) is 23.4 Å². The number of aryl methyl sites for hydroxylation is 1. The van der Waals surface area contributed by atoms with Crippen molar-refractivity contribution in [2.75, 3.05) is 0 Å². The lowest BCUT2D eigenvalue weighted by molar-refractivity contribution is 0.546.